The topological polar surface area (TPSA) is 46.7 Å². The van der Waals surface area contributed by atoms with Gasteiger partial charge in [-0.2, -0.15) is 0 Å². The number of aromatic nitrogens is 1. The molecule has 2 heterocycles. The van der Waals surface area contributed by atoms with Crippen LogP contribution in [0, 0.1) is 0 Å². The molecule has 0 saturated carbocycles. The van der Waals surface area contributed by atoms with Crippen LogP contribution in [0.15, 0.2) is 54.7 Å². The molecule has 5 heteroatoms. The fourth-order valence-corrected chi connectivity index (χ4v) is 3.41. The van der Waals surface area contributed by atoms with E-state index in [0.29, 0.717) is 6.61 Å². The van der Waals surface area contributed by atoms with Crippen LogP contribution in [0.2, 0.25) is 0 Å². The SMILES string of the molecule is COc1ccc(O[C@H]2COCCN(Cc3c[nH]c4ccccc34)C2)cc1. The average Bonchev–Trinajstić information content (AvgIpc) is 2.95. The van der Waals surface area contributed by atoms with Gasteiger partial charge in [-0.1, -0.05) is 18.2 Å². The van der Waals surface area contributed by atoms with Gasteiger partial charge in [0.2, 0.25) is 0 Å². The van der Waals surface area contributed by atoms with Gasteiger partial charge in [-0.25, -0.2) is 0 Å². The molecule has 0 spiro atoms. The summed E-state index contributed by atoms with van der Waals surface area (Å²) in [6.45, 7) is 3.96. The molecule has 1 fully saturated rings. The number of nitrogens with one attached hydrogen (secondary N) is 1. The average molecular weight is 352 g/mol. The van der Waals surface area contributed by atoms with Gasteiger partial charge in [-0.15, -0.1) is 0 Å². The molecule has 26 heavy (non-hydrogen) atoms. The second-order valence-corrected chi connectivity index (χ2v) is 6.58. The molecule has 0 unspecified atom stereocenters. The number of hydrogen-bond donors (Lipinski definition) is 1. The van der Waals surface area contributed by atoms with Crippen molar-refractivity contribution in [3.63, 3.8) is 0 Å². The molecule has 5 nitrogen and oxygen atoms in total. The minimum absolute atomic E-state index is 0.0103. The highest BCUT2D eigenvalue weighted by Gasteiger charge is 2.21. The lowest BCUT2D eigenvalue weighted by molar-refractivity contribution is 0.0710. The smallest absolute Gasteiger partial charge is 0.135 e. The maximum absolute atomic E-state index is 6.14. The third kappa shape index (κ3) is 3.84. The number of para-hydroxylation sites is 1. The van der Waals surface area contributed by atoms with E-state index in [1.54, 1.807) is 7.11 Å². The number of rotatable bonds is 5. The Bertz CT molecular complexity index is 844. The first-order valence-electron chi connectivity index (χ1n) is 8.97. The van der Waals surface area contributed by atoms with Crippen LogP contribution in [-0.4, -0.2) is 49.4 Å². The lowest BCUT2D eigenvalue weighted by Gasteiger charge is -2.24. The molecule has 0 radical (unpaired) electrons. The third-order valence-corrected chi connectivity index (χ3v) is 4.75. The minimum Gasteiger partial charge on any atom is -0.497 e. The van der Waals surface area contributed by atoms with Crippen LogP contribution >= 0.6 is 0 Å². The quantitative estimate of drug-likeness (QED) is 0.764. The molecular weight excluding hydrogens is 328 g/mol. The number of methoxy groups -OCH3 is 1. The van der Waals surface area contributed by atoms with Gasteiger partial charge in [0.25, 0.3) is 0 Å². The Morgan fingerprint density at radius 1 is 1.12 bits per heavy atom. The van der Waals surface area contributed by atoms with Crippen molar-refractivity contribution in [3.05, 3.63) is 60.3 Å². The van der Waals surface area contributed by atoms with Crippen LogP contribution in [0.1, 0.15) is 5.56 Å². The Balaban J connectivity index is 1.43. The maximum atomic E-state index is 6.14. The third-order valence-electron chi connectivity index (χ3n) is 4.75. The number of fused-ring (bicyclic) bond motifs is 1. The highest BCUT2D eigenvalue weighted by Crippen LogP contribution is 2.22. The summed E-state index contributed by atoms with van der Waals surface area (Å²) in [6.07, 6.45) is 2.12. The van der Waals surface area contributed by atoms with Gasteiger partial charge in [-0.3, -0.25) is 4.90 Å². The van der Waals surface area contributed by atoms with E-state index in [1.165, 1.54) is 16.5 Å². The van der Waals surface area contributed by atoms with Crippen LogP contribution < -0.4 is 9.47 Å². The summed E-state index contributed by atoms with van der Waals surface area (Å²) < 4.78 is 17.1. The summed E-state index contributed by atoms with van der Waals surface area (Å²) in [5.41, 5.74) is 2.49. The first-order valence-corrected chi connectivity index (χ1v) is 8.97. The largest absolute Gasteiger partial charge is 0.497 e. The summed E-state index contributed by atoms with van der Waals surface area (Å²) >= 11 is 0. The zero-order valence-corrected chi connectivity index (χ0v) is 15.0. The monoisotopic (exact) mass is 352 g/mol. The summed E-state index contributed by atoms with van der Waals surface area (Å²) in [4.78, 5) is 5.75. The Hall–Kier alpha value is -2.50. The summed E-state index contributed by atoms with van der Waals surface area (Å²) in [5.74, 6) is 1.67. The fourth-order valence-electron chi connectivity index (χ4n) is 3.41. The normalized spacial score (nSPS) is 18.6. The van der Waals surface area contributed by atoms with Gasteiger partial charge in [0.1, 0.15) is 17.6 Å². The van der Waals surface area contributed by atoms with Crippen molar-refractivity contribution < 1.29 is 14.2 Å². The number of benzene rings is 2. The Morgan fingerprint density at radius 3 is 2.77 bits per heavy atom. The molecule has 1 aromatic heterocycles. The zero-order valence-electron chi connectivity index (χ0n) is 15.0. The molecule has 1 aliphatic heterocycles. The van der Waals surface area contributed by atoms with E-state index in [-0.39, 0.29) is 6.10 Å². The predicted molar refractivity (Wildman–Crippen MR) is 102 cm³/mol. The Labute approximate surface area is 153 Å². The van der Waals surface area contributed by atoms with Gasteiger partial charge in [-0.05, 0) is 35.9 Å². The number of ether oxygens (including phenoxy) is 3. The fraction of sp³-hybridized carbons (Fsp3) is 0.333. The van der Waals surface area contributed by atoms with Crippen LogP contribution in [0.5, 0.6) is 11.5 Å². The summed E-state index contributed by atoms with van der Waals surface area (Å²) in [6, 6.07) is 16.1. The molecule has 136 valence electrons. The Morgan fingerprint density at radius 2 is 1.92 bits per heavy atom. The Kier molecular flexibility index (Phi) is 5.09. The van der Waals surface area contributed by atoms with E-state index in [9.17, 15) is 0 Å². The van der Waals surface area contributed by atoms with Gasteiger partial charge in [0, 0.05) is 36.7 Å². The van der Waals surface area contributed by atoms with Crippen LogP contribution in [-0.2, 0) is 11.3 Å². The summed E-state index contributed by atoms with van der Waals surface area (Å²) in [5, 5.41) is 1.28. The molecule has 3 aromatic rings. The van der Waals surface area contributed by atoms with Crippen molar-refractivity contribution >= 4 is 10.9 Å². The predicted octanol–water partition coefficient (Wildman–Crippen LogP) is 3.46. The molecule has 4 rings (SSSR count). The number of H-pyrrole nitrogens is 1. The molecule has 1 saturated heterocycles. The maximum Gasteiger partial charge on any atom is 0.135 e. The molecular formula is C21H24N2O3. The van der Waals surface area contributed by atoms with E-state index >= 15 is 0 Å². The van der Waals surface area contributed by atoms with E-state index in [4.69, 9.17) is 14.2 Å². The highest BCUT2D eigenvalue weighted by molar-refractivity contribution is 5.82. The lowest BCUT2D eigenvalue weighted by Crippen LogP contribution is -2.35. The first-order chi connectivity index (χ1) is 12.8. The van der Waals surface area contributed by atoms with Gasteiger partial charge in [0.15, 0.2) is 0 Å². The molecule has 1 aliphatic rings. The standard InChI is InChI=1S/C21H24N2O3/c1-24-17-6-8-18(9-7-17)26-19-14-23(10-11-25-15-19)13-16-12-22-21-5-3-2-4-20(16)21/h2-9,12,19,22H,10-11,13-15H2,1H3/t19-/m1/s1. The van der Waals surface area contributed by atoms with Gasteiger partial charge < -0.3 is 19.2 Å². The molecule has 1 atom stereocenters. The second-order valence-electron chi connectivity index (χ2n) is 6.58. The van der Waals surface area contributed by atoms with Crippen molar-refractivity contribution in [1.82, 2.24) is 9.88 Å². The zero-order chi connectivity index (χ0) is 17.8. The number of aromatic amines is 1. The molecule has 1 N–H and O–H groups in total. The van der Waals surface area contributed by atoms with Crippen LogP contribution in [0.4, 0.5) is 0 Å². The van der Waals surface area contributed by atoms with Crippen LogP contribution in [0.25, 0.3) is 10.9 Å². The number of nitrogens with zero attached hydrogens (tertiary/aromatic N) is 1. The van der Waals surface area contributed by atoms with E-state index in [2.05, 4.69) is 40.3 Å². The molecule has 0 aliphatic carbocycles. The van der Waals surface area contributed by atoms with Crippen molar-refractivity contribution in [2.45, 2.75) is 12.6 Å². The first kappa shape index (κ1) is 16.9. The lowest BCUT2D eigenvalue weighted by atomic mass is 10.1. The van der Waals surface area contributed by atoms with E-state index in [1.807, 2.05) is 24.3 Å². The van der Waals surface area contributed by atoms with Crippen molar-refractivity contribution in [2.24, 2.45) is 0 Å². The van der Waals surface area contributed by atoms with Crippen molar-refractivity contribution in [2.75, 3.05) is 33.4 Å². The van der Waals surface area contributed by atoms with Gasteiger partial charge >= 0.3 is 0 Å². The molecule has 0 bridgehead atoms. The summed E-state index contributed by atoms with van der Waals surface area (Å²) in [7, 11) is 1.66. The van der Waals surface area contributed by atoms with Crippen LogP contribution in [0.3, 0.4) is 0 Å². The van der Waals surface area contributed by atoms with Crippen molar-refractivity contribution in [3.8, 4) is 11.5 Å². The second kappa shape index (κ2) is 7.81. The van der Waals surface area contributed by atoms with Crippen molar-refractivity contribution in [1.29, 1.82) is 0 Å². The van der Waals surface area contributed by atoms with Gasteiger partial charge in [0.05, 0.1) is 20.3 Å². The highest BCUT2D eigenvalue weighted by atomic mass is 16.5. The number of hydrogen-bond acceptors (Lipinski definition) is 4. The van der Waals surface area contributed by atoms with E-state index in [0.717, 1.165) is 37.7 Å². The molecule has 2 aromatic carbocycles. The van der Waals surface area contributed by atoms with E-state index < -0.39 is 0 Å². The minimum atomic E-state index is 0.0103. The molecule has 0 amide bonds.